The molecule has 4 nitrogen and oxygen atoms in total. The van der Waals surface area contributed by atoms with Crippen LogP contribution in [0.1, 0.15) is 43.0 Å². The number of aromatic nitrogens is 1. The molecular formula is C20H26N2O2. The van der Waals surface area contributed by atoms with Gasteiger partial charge in [0.15, 0.2) is 0 Å². The van der Waals surface area contributed by atoms with Crippen LogP contribution in [0.3, 0.4) is 0 Å². The van der Waals surface area contributed by atoms with Gasteiger partial charge in [-0.05, 0) is 43.9 Å². The number of benzene rings is 1. The van der Waals surface area contributed by atoms with E-state index in [0.717, 1.165) is 47.0 Å². The third kappa shape index (κ3) is 3.03. The molecule has 0 bridgehead atoms. The number of nitrogens with one attached hydrogen (secondary N) is 1. The van der Waals surface area contributed by atoms with E-state index < -0.39 is 0 Å². The molecule has 1 amide bonds. The number of fused-ring (bicyclic) bond motifs is 1. The first-order valence-electron chi connectivity index (χ1n) is 8.69. The Morgan fingerprint density at radius 2 is 2.12 bits per heavy atom. The first kappa shape index (κ1) is 16.9. The molecule has 0 aliphatic heterocycles. The van der Waals surface area contributed by atoms with Crippen molar-refractivity contribution in [2.45, 2.75) is 52.5 Å². The van der Waals surface area contributed by atoms with Crippen LogP contribution in [0.15, 0.2) is 24.3 Å². The molecule has 24 heavy (non-hydrogen) atoms. The summed E-state index contributed by atoms with van der Waals surface area (Å²) in [7, 11) is 0. The minimum atomic E-state index is -0.193. The van der Waals surface area contributed by atoms with Gasteiger partial charge >= 0.3 is 0 Å². The van der Waals surface area contributed by atoms with Crippen LogP contribution in [0.4, 0.5) is 0 Å². The average molecular weight is 326 g/mol. The molecule has 2 unspecified atom stereocenters. The topological polar surface area (TPSA) is 62.2 Å². The minimum absolute atomic E-state index is 0.0184. The summed E-state index contributed by atoms with van der Waals surface area (Å²) >= 11 is 0. The van der Waals surface area contributed by atoms with Gasteiger partial charge in [-0.3, -0.25) is 9.78 Å². The Bertz CT molecular complexity index is 772. The average Bonchev–Trinajstić information content (AvgIpc) is 2.93. The van der Waals surface area contributed by atoms with E-state index in [9.17, 15) is 9.90 Å². The smallest absolute Gasteiger partial charge is 0.224 e. The van der Waals surface area contributed by atoms with E-state index in [2.05, 4.69) is 30.2 Å². The van der Waals surface area contributed by atoms with Crippen molar-refractivity contribution in [1.82, 2.24) is 10.3 Å². The SMILES string of the molecule is Cc1nc2ccccc2c(C)c1CC(=O)NC1CCCC1(C)CO. The summed E-state index contributed by atoms with van der Waals surface area (Å²) in [5, 5.41) is 13.9. The van der Waals surface area contributed by atoms with Crippen molar-refractivity contribution in [3.05, 3.63) is 41.1 Å². The maximum atomic E-state index is 12.6. The van der Waals surface area contributed by atoms with Gasteiger partial charge in [-0.1, -0.05) is 31.5 Å². The van der Waals surface area contributed by atoms with E-state index in [0.29, 0.717) is 6.42 Å². The van der Waals surface area contributed by atoms with Crippen LogP contribution in [0.25, 0.3) is 10.9 Å². The molecule has 1 fully saturated rings. The lowest BCUT2D eigenvalue weighted by molar-refractivity contribution is -0.122. The molecule has 0 spiro atoms. The zero-order valence-corrected chi connectivity index (χ0v) is 14.7. The number of nitrogens with zero attached hydrogens (tertiary/aromatic N) is 1. The van der Waals surface area contributed by atoms with Crippen molar-refractivity contribution in [2.75, 3.05) is 6.61 Å². The second kappa shape index (κ2) is 6.52. The van der Waals surface area contributed by atoms with Crippen molar-refractivity contribution in [3.8, 4) is 0 Å². The highest BCUT2D eigenvalue weighted by molar-refractivity contribution is 5.86. The first-order chi connectivity index (χ1) is 11.4. The van der Waals surface area contributed by atoms with Gasteiger partial charge in [0.25, 0.3) is 0 Å². The van der Waals surface area contributed by atoms with Crippen molar-refractivity contribution in [3.63, 3.8) is 0 Å². The number of amides is 1. The Morgan fingerprint density at radius 3 is 2.88 bits per heavy atom. The van der Waals surface area contributed by atoms with E-state index in [1.165, 1.54) is 0 Å². The third-order valence-electron chi connectivity index (χ3n) is 5.60. The van der Waals surface area contributed by atoms with Crippen LogP contribution in [-0.2, 0) is 11.2 Å². The van der Waals surface area contributed by atoms with Crippen molar-refractivity contribution in [2.24, 2.45) is 5.41 Å². The van der Waals surface area contributed by atoms with Crippen molar-refractivity contribution < 1.29 is 9.90 Å². The van der Waals surface area contributed by atoms with Crippen molar-refractivity contribution in [1.29, 1.82) is 0 Å². The summed E-state index contributed by atoms with van der Waals surface area (Å²) in [6, 6.07) is 8.10. The molecule has 1 aromatic heterocycles. The number of hydrogen-bond donors (Lipinski definition) is 2. The van der Waals surface area contributed by atoms with Crippen LogP contribution < -0.4 is 5.32 Å². The highest BCUT2D eigenvalue weighted by Gasteiger charge is 2.39. The third-order valence-corrected chi connectivity index (χ3v) is 5.60. The summed E-state index contributed by atoms with van der Waals surface area (Å²) < 4.78 is 0. The Balaban J connectivity index is 1.81. The zero-order chi connectivity index (χ0) is 17.3. The minimum Gasteiger partial charge on any atom is -0.396 e. The number of aryl methyl sites for hydroxylation is 2. The molecule has 1 saturated carbocycles. The summed E-state index contributed by atoms with van der Waals surface area (Å²) in [5.74, 6) is 0.0184. The second-order valence-electron chi connectivity index (χ2n) is 7.32. The molecule has 0 saturated heterocycles. The lowest BCUT2D eigenvalue weighted by atomic mass is 9.85. The summed E-state index contributed by atoms with van der Waals surface area (Å²) in [6.07, 6.45) is 3.30. The lowest BCUT2D eigenvalue weighted by Gasteiger charge is -2.30. The summed E-state index contributed by atoms with van der Waals surface area (Å²) in [4.78, 5) is 17.2. The molecule has 1 aromatic carbocycles. The molecule has 2 aromatic rings. The Labute approximate surface area is 143 Å². The Hall–Kier alpha value is -1.94. The Kier molecular flexibility index (Phi) is 4.59. The number of carbonyl (C=O) groups excluding carboxylic acids is 1. The lowest BCUT2D eigenvalue weighted by Crippen LogP contribution is -2.45. The largest absolute Gasteiger partial charge is 0.396 e. The predicted octanol–water partition coefficient (Wildman–Crippen LogP) is 3.06. The highest BCUT2D eigenvalue weighted by Crippen LogP contribution is 2.37. The number of carbonyl (C=O) groups is 1. The van der Waals surface area contributed by atoms with E-state index in [4.69, 9.17) is 0 Å². The second-order valence-corrected chi connectivity index (χ2v) is 7.32. The van der Waals surface area contributed by atoms with Gasteiger partial charge in [0.05, 0.1) is 18.5 Å². The van der Waals surface area contributed by atoms with Crippen LogP contribution in [0, 0.1) is 19.3 Å². The van der Waals surface area contributed by atoms with Crippen LogP contribution in [-0.4, -0.2) is 28.6 Å². The van der Waals surface area contributed by atoms with E-state index >= 15 is 0 Å². The number of para-hydroxylation sites is 1. The number of pyridine rings is 1. The molecule has 2 atom stereocenters. The monoisotopic (exact) mass is 326 g/mol. The number of rotatable bonds is 4. The fraction of sp³-hybridized carbons (Fsp3) is 0.500. The molecule has 1 aliphatic rings. The molecule has 2 N–H and O–H groups in total. The van der Waals surface area contributed by atoms with E-state index in [1.807, 2.05) is 25.1 Å². The maximum absolute atomic E-state index is 12.6. The molecule has 1 aliphatic carbocycles. The van der Waals surface area contributed by atoms with Gasteiger partial charge < -0.3 is 10.4 Å². The fourth-order valence-corrected chi connectivity index (χ4v) is 3.91. The zero-order valence-electron chi connectivity index (χ0n) is 14.7. The van der Waals surface area contributed by atoms with Gasteiger partial charge in [-0.25, -0.2) is 0 Å². The highest BCUT2D eigenvalue weighted by atomic mass is 16.3. The number of hydrogen-bond acceptors (Lipinski definition) is 3. The van der Waals surface area contributed by atoms with Gasteiger partial charge in [0.1, 0.15) is 0 Å². The van der Waals surface area contributed by atoms with E-state index in [1.54, 1.807) is 0 Å². The van der Waals surface area contributed by atoms with Gasteiger partial charge in [-0.15, -0.1) is 0 Å². The van der Waals surface area contributed by atoms with E-state index in [-0.39, 0.29) is 24.0 Å². The quantitative estimate of drug-likeness (QED) is 0.908. The molecular weight excluding hydrogens is 300 g/mol. The molecule has 0 radical (unpaired) electrons. The molecule has 128 valence electrons. The molecule has 4 heteroatoms. The van der Waals surface area contributed by atoms with Gasteiger partial charge in [0.2, 0.25) is 5.91 Å². The van der Waals surface area contributed by atoms with Crippen LogP contribution in [0.2, 0.25) is 0 Å². The standard InChI is InChI=1S/C20H26N2O2/c1-13-15-7-4-5-8-17(15)21-14(2)16(13)11-19(24)22-18-9-6-10-20(18,3)12-23/h4-5,7-8,18,23H,6,9-12H2,1-3H3,(H,22,24). The first-order valence-corrected chi connectivity index (χ1v) is 8.69. The van der Waals surface area contributed by atoms with Crippen LogP contribution in [0.5, 0.6) is 0 Å². The summed E-state index contributed by atoms with van der Waals surface area (Å²) in [6.45, 7) is 6.20. The van der Waals surface area contributed by atoms with Gasteiger partial charge in [0, 0.05) is 22.5 Å². The fourth-order valence-electron chi connectivity index (χ4n) is 3.91. The molecule has 1 heterocycles. The number of aliphatic hydroxyl groups is 1. The molecule has 3 rings (SSSR count). The predicted molar refractivity (Wildman–Crippen MR) is 95.9 cm³/mol. The summed E-state index contributed by atoms with van der Waals surface area (Å²) in [5.41, 5.74) is 3.83. The Morgan fingerprint density at radius 1 is 1.38 bits per heavy atom. The maximum Gasteiger partial charge on any atom is 0.224 e. The van der Waals surface area contributed by atoms with Crippen molar-refractivity contribution >= 4 is 16.8 Å². The van der Waals surface area contributed by atoms with Gasteiger partial charge in [-0.2, -0.15) is 0 Å². The van der Waals surface area contributed by atoms with Crippen LogP contribution >= 0.6 is 0 Å². The normalized spacial score (nSPS) is 23.6. The number of aliphatic hydroxyl groups excluding tert-OH is 1.